The van der Waals surface area contributed by atoms with Crippen LogP contribution in [0.15, 0.2) is 23.1 Å². The number of benzene rings is 1. The van der Waals surface area contributed by atoms with Gasteiger partial charge in [0.15, 0.2) is 0 Å². The van der Waals surface area contributed by atoms with Gasteiger partial charge in [-0.3, -0.25) is 9.53 Å². The molecule has 0 heterocycles. The molecule has 1 aromatic rings. The first-order chi connectivity index (χ1) is 7.04. The maximum atomic E-state index is 10.9. The molecule has 0 fully saturated rings. The molecular formula is C9H10NNaO4S. The number of rotatable bonds is 2. The number of carbonyl (C=O) groups is 1. The third-order valence-electron chi connectivity index (χ3n) is 1.81. The number of hydrogen-bond acceptors (Lipinski definition) is 4. The van der Waals surface area contributed by atoms with Gasteiger partial charge in [0, 0.05) is 10.6 Å². The van der Waals surface area contributed by atoms with Crippen LogP contribution in [0.1, 0.15) is 5.56 Å². The van der Waals surface area contributed by atoms with Crippen LogP contribution in [-0.4, -0.2) is 22.0 Å². The van der Waals surface area contributed by atoms with Crippen LogP contribution in [0.5, 0.6) is 0 Å². The van der Waals surface area contributed by atoms with E-state index in [0.717, 1.165) is 0 Å². The molecule has 82 valence electrons. The summed E-state index contributed by atoms with van der Waals surface area (Å²) in [6.45, 7) is 1.70. The summed E-state index contributed by atoms with van der Waals surface area (Å²) in [5.74, 6) is 0. The summed E-state index contributed by atoms with van der Waals surface area (Å²) in [7, 11) is 1.26. The minimum absolute atomic E-state index is 0. The largest absolute Gasteiger partial charge is 1.00 e. The molecule has 0 radical (unpaired) electrons. The fourth-order valence-electron chi connectivity index (χ4n) is 1.04. The van der Waals surface area contributed by atoms with Crippen molar-refractivity contribution < 1.29 is 47.9 Å². The summed E-state index contributed by atoms with van der Waals surface area (Å²) in [5, 5.41) is 2.46. The van der Waals surface area contributed by atoms with Gasteiger partial charge in [-0.25, -0.2) is 4.79 Å². The Hall–Kier alpha value is -0.400. The molecule has 0 spiro atoms. The van der Waals surface area contributed by atoms with Gasteiger partial charge in [-0.1, -0.05) is 0 Å². The molecule has 7 heteroatoms. The van der Waals surface area contributed by atoms with Gasteiger partial charge in [-0.15, -0.1) is 0 Å². The van der Waals surface area contributed by atoms with E-state index in [4.69, 9.17) is 0 Å². The van der Waals surface area contributed by atoms with E-state index in [1.165, 1.54) is 25.3 Å². The molecule has 0 aromatic heterocycles. The van der Waals surface area contributed by atoms with Crippen molar-refractivity contribution >= 4 is 22.9 Å². The van der Waals surface area contributed by atoms with Gasteiger partial charge in [-0.05, 0) is 41.8 Å². The van der Waals surface area contributed by atoms with Crippen LogP contribution in [0.25, 0.3) is 0 Å². The summed E-state index contributed by atoms with van der Waals surface area (Å²) in [4.78, 5) is 11.1. The number of nitrogens with one attached hydrogen (secondary N) is 1. The van der Waals surface area contributed by atoms with E-state index in [2.05, 4.69) is 10.1 Å². The molecule has 1 N–H and O–H groups in total. The number of carbonyl (C=O) groups excluding carboxylic acids is 1. The van der Waals surface area contributed by atoms with Crippen molar-refractivity contribution in [3.63, 3.8) is 0 Å². The second kappa shape index (κ2) is 7.03. The van der Waals surface area contributed by atoms with Crippen molar-refractivity contribution in [1.29, 1.82) is 0 Å². The second-order valence-corrected chi connectivity index (χ2v) is 3.77. The number of hydrogen-bond donors (Lipinski definition) is 1. The molecule has 1 unspecified atom stereocenters. The van der Waals surface area contributed by atoms with Crippen LogP contribution in [0, 0.1) is 6.92 Å². The molecule has 1 rings (SSSR count). The molecule has 0 aliphatic rings. The van der Waals surface area contributed by atoms with Crippen LogP contribution in [0.3, 0.4) is 0 Å². The van der Waals surface area contributed by atoms with E-state index in [9.17, 15) is 13.6 Å². The fraction of sp³-hybridized carbons (Fsp3) is 0.222. The molecule has 1 amide bonds. The zero-order valence-corrected chi connectivity index (χ0v) is 12.1. The van der Waals surface area contributed by atoms with E-state index < -0.39 is 17.2 Å². The van der Waals surface area contributed by atoms with E-state index in [1.807, 2.05) is 0 Å². The van der Waals surface area contributed by atoms with Crippen molar-refractivity contribution in [3.8, 4) is 0 Å². The summed E-state index contributed by atoms with van der Waals surface area (Å²) in [5.41, 5.74) is 1.18. The van der Waals surface area contributed by atoms with Gasteiger partial charge in [0.25, 0.3) is 0 Å². The summed E-state index contributed by atoms with van der Waals surface area (Å²) in [6, 6.07) is 4.38. The van der Waals surface area contributed by atoms with Crippen LogP contribution in [0.2, 0.25) is 0 Å². The zero-order valence-electron chi connectivity index (χ0n) is 9.27. The molecular weight excluding hydrogens is 241 g/mol. The molecule has 0 bridgehead atoms. The van der Waals surface area contributed by atoms with Gasteiger partial charge in [-0.2, -0.15) is 0 Å². The molecule has 0 saturated carbocycles. The molecule has 1 atom stereocenters. The van der Waals surface area contributed by atoms with Crippen molar-refractivity contribution in [3.05, 3.63) is 23.8 Å². The normalized spacial score (nSPS) is 11.2. The average Bonchev–Trinajstić information content (AvgIpc) is 2.20. The maximum absolute atomic E-state index is 10.9. The van der Waals surface area contributed by atoms with E-state index >= 15 is 0 Å². The third-order valence-corrected chi connectivity index (χ3v) is 2.45. The summed E-state index contributed by atoms with van der Waals surface area (Å²) >= 11 is -2.26. The minimum Gasteiger partial charge on any atom is -0.768 e. The summed E-state index contributed by atoms with van der Waals surface area (Å²) < 4.78 is 25.7. The van der Waals surface area contributed by atoms with E-state index in [-0.39, 0.29) is 34.5 Å². The Morgan fingerprint density at radius 1 is 1.50 bits per heavy atom. The second-order valence-electron chi connectivity index (χ2n) is 2.83. The van der Waals surface area contributed by atoms with Gasteiger partial charge >= 0.3 is 35.7 Å². The molecule has 0 saturated heterocycles. The number of aryl methyl sites for hydroxylation is 1. The fourth-order valence-corrected chi connectivity index (χ4v) is 1.49. The third kappa shape index (κ3) is 4.23. The average molecular weight is 251 g/mol. The summed E-state index contributed by atoms with van der Waals surface area (Å²) in [6.07, 6.45) is -0.589. The Morgan fingerprint density at radius 2 is 2.12 bits per heavy atom. The van der Waals surface area contributed by atoms with E-state index in [0.29, 0.717) is 11.3 Å². The SMILES string of the molecule is COC(=O)Nc1ccc(S(=O)[O-])cc1C.[Na+]. The first-order valence-corrected chi connectivity index (χ1v) is 5.17. The van der Waals surface area contributed by atoms with Crippen molar-refractivity contribution in [2.45, 2.75) is 11.8 Å². The maximum Gasteiger partial charge on any atom is 1.00 e. The first kappa shape index (κ1) is 15.6. The van der Waals surface area contributed by atoms with E-state index in [1.54, 1.807) is 6.92 Å². The van der Waals surface area contributed by atoms with Gasteiger partial charge in [0.2, 0.25) is 0 Å². The number of methoxy groups -OCH3 is 1. The quantitative estimate of drug-likeness (QED) is 0.508. The molecule has 5 nitrogen and oxygen atoms in total. The molecule has 0 aliphatic heterocycles. The Morgan fingerprint density at radius 3 is 2.56 bits per heavy atom. The number of amides is 1. The zero-order chi connectivity index (χ0) is 11.4. The van der Waals surface area contributed by atoms with Gasteiger partial charge in [0.1, 0.15) is 0 Å². The predicted octanol–water partition coefficient (Wildman–Crippen LogP) is -1.58. The predicted molar refractivity (Wildman–Crippen MR) is 54.4 cm³/mol. The van der Waals surface area contributed by atoms with Crippen LogP contribution >= 0.6 is 0 Å². The minimum atomic E-state index is -2.26. The number of anilines is 1. The monoisotopic (exact) mass is 251 g/mol. The van der Waals surface area contributed by atoms with Crippen LogP contribution in [-0.2, 0) is 15.8 Å². The molecule has 16 heavy (non-hydrogen) atoms. The van der Waals surface area contributed by atoms with Crippen molar-refractivity contribution in [2.75, 3.05) is 12.4 Å². The Labute approximate surface area is 118 Å². The Bertz CT molecular complexity index is 410. The smallest absolute Gasteiger partial charge is 0.768 e. The Kier molecular flexibility index (Phi) is 6.85. The van der Waals surface area contributed by atoms with Gasteiger partial charge in [0.05, 0.1) is 7.11 Å². The number of ether oxygens (including phenoxy) is 1. The van der Waals surface area contributed by atoms with Crippen molar-refractivity contribution in [1.82, 2.24) is 0 Å². The Balaban J connectivity index is 0.00000225. The van der Waals surface area contributed by atoms with Crippen molar-refractivity contribution in [2.24, 2.45) is 0 Å². The standard InChI is InChI=1S/C9H11NO4S.Na/c1-6-5-7(15(12)13)3-4-8(6)10-9(11)14-2;/h3-5H,1-2H3,(H,10,11)(H,12,13);/q;+1/p-1. The molecule has 0 aliphatic carbocycles. The molecule has 1 aromatic carbocycles. The van der Waals surface area contributed by atoms with Gasteiger partial charge < -0.3 is 9.29 Å². The van der Waals surface area contributed by atoms with Crippen LogP contribution in [0.4, 0.5) is 10.5 Å². The van der Waals surface area contributed by atoms with Crippen LogP contribution < -0.4 is 34.9 Å². The topological polar surface area (TPSA) is 78.5 Å². The first-order valence-electron chi connectivity index (χ1n) is 4.09.